The summed E-state index contributed by atoms with van der Waals surface area (Å²) < 4.78 is 6.15. The largest absolute Gasteiger partial charge is 0.496 e. The third-order valence-electron chi connectivity index (χ3n) is 2.67. The number of halogens is 1. The highest BCUT2D eigenvalue weighted by Gasteiger charge is 2.13. The van der Waals surface area contributed by atoms with Crippen LogP contribution in [0, 0.1) is 0 Å². The number of hydrogen-bond acceptors (Lipinski definition) is 5. The van der Waals surface area contributed by atoms with Crippen LogP contribution in [0.5, 0.6) is 5.75 Å². The zero-order valence-corrected chi connectivity index (χ0v) is 12.3. The standard InChI is InChI=1S/C12H14BrN3OS/c1-17-12-3-2-8(4-9(12)13)5-10(16-14)11-6-18-7-15-11/h2-4,6-7,10,16H,5,14H2,1H3. The fraction of sp³-hybridized carbons (Fsp3) is 0.250. The van der Waals surface area contributed by atoms with Crippen LogP contribution in [0.1, 0.15) is 17.3 Å². The molecule has 4 nitrogen and oxygen atoms in total. The van der Waals surface area contributed by atoms with Gasteiger partial charge in [0, 0.05) is 5.38 Å². The van der Waals surface area contributed by atoms with Crippen LogP contribution >= 0.6 is 27.3 Å². The number of rotatable bonds is 5. The van der Waals surface area contributed by atoms with Crippen molar-refractivity contribution in [2.45, 2.75) is 12.5 Å². The quantitative estimate of drug-likeness (QED) is 0.654. The van der Waals surface area contributed by atoms with Gasteiger partial charge in [0.05, 0.1) is 28.8 Å². The van der Waals surface area contributed by atoms with E-state index in [1.54, 1.807) is 18.4 Å². The Hall–Kier alpha value is -0.950. The van der Waals surface area contributed by atoms with E-state index in [2.05, 4.69) is 26.3 Å². The highest BCUT2D eigenvalue weighted by Crippen LogP contribution is 2.27. The van der Waals surface area contributed by atoms with Gasteiger partial charge >= 0.3 is 0 Å². The van der Waals surface area contributed by atoms with Gasteiger partial charge in [0.15, 0.2) is 0 Å². The molecule has 0 bridgehead atoms. The minimum Gasteiger partial charge on any atom is -0.496 e. The maximum atomic E-state index is 5.58. The molecule has 0 amide bonds. The van der Waals surface area contributed by atoms with E-state index in [0.717, 1.165) is 22.3 Å². The molecule has 0 aliphatic rings. The predicted octanol–water partition coefficient (Wildman–Crippen LogP) is 2.66. The second kappa shape index (κ2) is 6.29. The van der Waals surface area contributed by atoms with Crippen LogP contribution in [-0.4, -0.2) is 12.1 Å². The van der Waals surface area contributed by atoms with Crippen molar-refractivity contribution < 1.29 is 4.74 Å². The minimum atomic E-state index is 0.0246. The molecule has 0 spiro atoms. The predicted molar refractivity (Wildman–Crippen MR) is 76.6 cm³/mol. The van der Waals surface area contributed by atoms with Crippen molar-refractivity contribution in [1.82, 2.24) is 10.4 Å². The number of thiazole rings is 1. The van der Waals surface area contributed by atoms with E-state index >= 15 is 0 Å². The molecule has 1 heterocycles. The molecule has 6 heteroatoms. The molecule has 0 radical (unpaired) electrons. The van der Waals surface area contributed by atoms with E-state index < -0.39 is 0 Å². The molecule has 0 aliphatic carbocycles. The lowest BCUT2D eigenvalue weighted by molar-refractivity contribution is 0.412. The van der Waals surface area contributed by atoms with Gasteiger partial charge in [-0.3, -0.25) is 11.3 Å². The number of nitrogens with two attached hydrogens (primary N) is 1. The fourth-order valence-corrected chi connectivity index (χ4v) is 2.91. The zero-order valence-electron chi connectivity index (χ0n) is 9.89. The molecule has 0 fully saturated rings. The van der Waals surface area contributed by atoms with Crippen LogP contribution < -0.4 is 16.0 Å². The van der Waals surface area contributed by atoms with E-state index in [1.165, 1.54) is 5.56 Å². The average Bonchev–Trinajstić information content (AvgIpc) is 2.90. The van der Waals surface area contributed by atoms with Gasteiger partial charge in [0.2, 0.25) is 0 Å². The molecule has 1 aromatic heterocycles. The molecule has 0 saturated carbocycles. The summed E-state index contributed by atoms with van der Waals surface area (Å²) in [6.07, 6.45) is 0.781. The van der Waals surface area contributed by atoms with Crippen LogP contribution in [0.25, 0.3) is 0 Å². The number of ether oxygens (including phenoxy) is 1. The lowest BCUT2D eigenvalue weighted by Crippen LogP contribution is -2.29. The maximum Gasteiger partial charge on any atom is 0.133 e. The van der Waals surface area contributed by atoms with Gasteiger partial charge in [-0.1, -0.05) is 6.07 Å². The van der Waals surface area contributed by atoms with Gasteiger partial charge in [-0.25, -0.2) is 4.98 Å². The first-order valence-electron chi connectivity index (χ1n) is 5.41. The molecule has 0 aliphatic heterocycles. The Morgan fingerprint density at radius 2 is 2.39 bits per heavy atom. The molecular formula is C12H14BrN3OS. The molecular weight excluding hydrogens is 314 g/mol. The van der Waals surface area contributed by atoms with Gasteiger partial charge in [0.1, 0.15) is 5.75 Å². The Morgan fingerprint density at radius 3 is 2.94 bits per heavy atom. The summed E-state index contributed by atoms with van der Waals surface area (Å²) in [5.74, 6) is 6.41. The third-order valence-corrected chi connectivity index (χ3v) is 3.89. The summed E-state index contributed by atoms with van der Waals surface area (Å²) in [6, 6.07) is 6.03. The zero-order chi connectivity index (χ0) is 13.0. The fourth-order valence-electron chi connectivity index (χ4n) is 1.72. The van der Waals surface area contributed by atoms with E-state index in [9.17, 15) is 0 Å². The molecule has 96 valence electrons. The molecule has 2 rings (SSSR count). The first-order chi connectivity index (χ1) is 8.74. The number of hydrazine groups is 1. The molecule has 18 heavy (non-hydrogen) atoms. The smallest absolute Gasteiger partial charge is 0.133 e. The summed E-state index contributed by atoms with van der Waals surface area (Å²) in [4.78, 5) is 4.28. The Bertz CT molecular complexity index is 504. The number of aromatic nitrogens is 1. The Kier molecular flexibility index (Phi) is 4.71. The monoisotopic (exact) mass is 327 g/mol. The topological polar surface area (TPSA) is 60.2 Å². The first kappa shape index (κ1) is 13.5. The van der Waals surface area contributed by atoms with Crippen LogP contribution in [0.2, 0.25) is 0 Å². The van der Waals surface area contributed by atoms with Crippen LogP contribution in [-0.2, 0) is 6.42 Å². The van der Waals surface area contributed by atoms with Gasteiger partial charge < -0.3 is 4.74 Å². The summed E-state index contributed by atoms with van der Waals surface area (Å²) in [7, 11) is 1.65. The lowest BCUT2D eigenvalue weighted by Gasteiger charge is -2.14. The normalized spacial score (nSPS) is 12.4. The third kappa shape index (κ3) is 3.08. The SMILES string of the molecule is COc1ccc(CC(NN)c2cscn2)cc1Br. The van der Waals surface area contributed by atoms with Crippen LogP contribution in [0.15, 0.2) is 33.6 Å². The number of nitrogens with one attached hydrogen (secondary N) is 1. The number of nitrogens with zero attached hydrogens (tertiary/aromatic N) is 1. The number of benzene rings is 1. The second-order valence-electron chi connectivity index (χ2n) is 3.81. The average molecular weight is 328 g/mol. The van der Waals surface area contributed by atoms with Crippen molar-refractivity contribution >= 4 is 27.3 Å². The number of methoxy groups -OCH3 is 1. The van der Waals surface area contributed by atoms with Crippen molar-refractivity contribution in [2.24, 2.45) is 5.84 Å². The van der Waals surface area contributed by atoms with E-state index in [-0.39, 0.29) is 6.04 Å². The first-order valence-corrected chi connectivity index (χ1v) is 7.14. The highest BCUT2D eigenvalue weighted by atomic mass is 79.9. The van der Waals surface area contributed by atoms with Crippen molar-refractivity contribution in [3.8, 4) is 5.75 Å². The van der Waals surface area contributed by atoms with E-state index in [0.29, 0.717) is 0 Å². The summed E-state index contributed by atoms with van der Waals surface area (Å²) >= 11 is 5.04. The van der Waals surface area contributed by atoms with Gasteiger partial charge in [-0.15, -0.1) is 11.3 Å². The summed E-state index contributed by atoms with van der Waals surface area (Å²) in [6.45, 7) is 0. The maximum absolute atomic E-state index is 5.58. The van der Waals surface area contributed by atoms with Crippen LogP contribution in [0.3, 0.4) is 0 Å². The van der Waals surface area contributed by atoms with Crippen molar-refractivity contribution in [1.29, 1.82) is 0 Å². The highest BCUT2D eigenvalue weighted by molar-refractivity contribution is 9.10. The lowest BCUT2D eigenvalue weighted by atomic mass is 10.0. The van der Waals surface area contributed by atoms with E-state index in [1.807, 2.05) is 29.1 Å². The Balaban J connectivity index is 2.15. The van der Waals surface area contributed by atoms with Crippen LogP contribution in [0.4, 0.5) is 0 Å². The van der Waals surface area contributed by atoms with Crippen molar-refractivity contribution in [3.05, 3.63) is 44.8 Å². The van der Waals surface area contributed by atoms with Gasteiger partial charge in [0.25, 0.3) is 0 Å². The Labute approximate surface area is 118 Å². The molecule has 1 unspecified atom stereocenters. The van der Waals surface area contributed by atoms with Crippen molar-refractivity contribution in [2.75, 3.05) is 7.11 Å². The van der Waals surface area contributed by atoms with Gasteiger partial charge in [-0.05, 0) is 40.0 Å². The second-order valence-corrected chi connectivity index (χ2v) is 5.38. The Morgan fingerprint density at radius 1 is 1.56 bits per heavy atom. The molecule has 2 aromatic rings. The molecule has 0 saturated heterocycles. The molecule has 1 atom stereocenters. The van der Waals surface area contributed by atoms with Crippen molar-refractivity contribution in [3.63, 3.8) is 0 Å². The summed E-state index contributed by atoms with van der Waals surface area (Å²) in [5.41, 5.74) is 6.74. The number of hydrogen-bond donors (Lipinski definition) is 2. The molecule has 3 N–H and O–H groups in total. The van der Waals surface area contributed by atoms with Gasteiger partial charge in [-0.2, -0.15) is 0 Å². The molecule has 1 aromatic carbocycles. The summed E-state index contributed by atoms with van der Waals surface area (Å²) in [5, 5.41) is 2.00. The van der Waals surface area contributed by atoms with E-state index in [4.69, 9.17) is 10.6 Å². The minimum absolute atomic E-state index is 0.0246.